The van der Waals surface area contributed by atoms with Gasteiger partial charge in [0.15, 0.2) is 0 Å². The Kier molecular flexibility index (Phi) is 7.64. The van der Waals surface area contributed by atoms with Crippen molar-refractivity contribution in [1.82, 2.24) is 15.1 Å². The molecule has 2 aliphatic heterocycles. The van der Waals surface area contributed by atoms with Crippen molar-refractivity contribution in [3.05, 3.63) is 65.2 Å². The Bertz CT molecular complexity index is 883. The van der Waals surface area contributed by atoms with Gasteiger partial charge in [-0.2, -0.15) is 0 Å². The van der Waals surface area contributed by atoms with Gasteiger partial charge in [-0.3, -0.25) is 0 Å². The van der Waals surface area contributed by atoms with Crippen molar-refractivity contribution in [2.24, 2.45) is 0 Å². The second-order valence-electron chi connectivity index (χ2n) is 8.87. The predicted octanol–water partition coefficient (Wildman–Crippen LogP) is 4.99. The summed E-state index contributed by atoms with van der Waals surface area (Å²) in [6.45, 7) is 3.99. The van der Waals surface area contributed by atoms with E-state index in [9.17, 15) is 9.59 Å². The molecule has 2 fully saturated rings. The molecule has 2 heterocycles. The maximum Gasteiger partial charge on any atom is 0.321 e. The van der Waals surface area contributed by atoms with Crippen LogP contribution in [0.15, 0.2) is 48.5 Å². The lowest BCUT2D eigenvalue weighted by atomic mass is 10.0. The Labute approximate surface area is 191 Å². The smallest absolute Gasteiger partial charge is 0.321 e. The van der Waals surface area contributed by atoms with E-state index in [2.05, 4.69) is 47.0 Å². The normalized spacial score (nSPS) is 16.5. The number of likely N-dealkylation sites (tertiary alicyclic amines) is 2. The van der Waals surface area contributed by atoms with Crippen molar-refractivity contribution >= 4 is 17.7 Å². The second kappa shape index (κ2) is 11.0. The zero-order valence-corrected chi connectivity index (χ0v) is 18.8. The van der Waals surface area contributed by atoms with E-state index in [0.717, 1.165) is 69.5 Å². The lowest BCUT2D eigenvalue weighted by Crippen LogP contribution is -2.42. The van der Waals surface area contributed by atoms with Crippen LogP contribution in [-0.4, -0.2) is 48.0 Å². The number of carbonyl (C=O) groups excluding carboxylic acids is 2. The molecular weight excluding hydrogens is 400 g/mol. The summed E-state index contributed by atoms with van der Waals surface area (Å²) >= 11 is 0. The van der Waals surface area contributed by atoms with Crippen LogP contribution in [0.25, 0.3) is 0 Å². The monoisotopic (exact) mass is 434 g/mol. The third-order valence-electron chi connectivity index (χ3n) is 6.37. The van der Waals surface area contributed by atoms with E-state index in [1.165, 1.54) is 24.0 Å². The van der Waals surface area contributed by atoms with E-state index in [4.69, 9.17) is 0 Å². The van der Waals surface area contributed by atoms with Crippen molar-refractivity contribution < 1.29 is 9.59 Å². The number of hydrogen-bond donors (Lipinski definition) is 2. The summed E-state index contributed by atoms with van der Waals surface area (Å²) in [4.78, 5) is 28.4. The van der Waals surface area contributed by atoms with Crippen LogP contribution in [0.3, 0.4) is 0 Å². The first-order valence-electron chi connectivity index (χ1n) is 11.9. The van der Waals surface area contributed by atoms with Crippen LogP contribution >= 0.6 is 0 Å². The molecule has 2 N–H and O–H groups in total. The zero-order chi connectivity index (χ0) is 22.2. The fraction of sp³-hybridized carbons (Fsp3) is 0.462. The molecule has 0 aliphatic carbocycles. The minimum absolute atomic E-state index is 0.000386. The Balaban J connectivity index is 1.24. The molecule has 0 atom stereocenters. The summed E-state index contributed by atoms with van der Waals surface area (Å²) in [6, 6.07) is 16.5. The van der Waals surface area contributed by atoms with Crippen molar-refractivity contribution in [2.45, 2.75) is 51.5 Å². The number of anilines is 1. The largest absolute Gasteiger partial charge is 0.334 e. The highest BCUT2D eigenvalue weighted by molar-refractivity contribution is 5.89. The summed E-state index contributed by atoms with van der Waals surface area (Å²) < 4.78 is 0. The third-order valence-corrected chi connectivity index (χ3v) is 6.37. The van der Waals surface area contributed by atoms with Crippen LogP contribution in [0.5, 0.6) is 0 Å². The number of amides is 4. The number of nitrogens with zero attached hydrogens (tertiary/aromatic N) is 2. The minimum Gasteiger partial charge on any atom is -0.334 e. The van der Waals surface area contributed by atoms with Gasteiger partial charge in [0.05, 0.1) is 0 Å². The number of rotatable bonds is 5. The molecule has 6 nitrogen and oxygen atoms in total. The average Bonchev–Trinajstić information content (AvgIpc) is 2.85. The quantitative estimate of drug-likeness (QED) is 0.696. The number of hydrogen-bond acceptors (Lipinski definition) is 2. The lowest BCUT2D eigenvalue weighted by molar-refractivity contribution is 0.186. The van der Waals surface area contributed by atoms with Crippen molar-refractivity contribution in [1.29, 1.82) is 0 Å². The first-order chi connectivity index (χ1) is 15.7. The molecule has 0 aromatic heterocycles. The van der Waals surface area contributed by atoms with Gasteiger partial charge in [-0.1, -0.05) is 36.4 Å². The lowest BCUT2D eigenvalue weighted by Gasteiger charge is -2.26. The maximum atomic E-state index is 12.3. The SMILES string of the molecule is O=C(NCc1ccc(Cc2ccc(NC(=O)N3CCCCC3)cc2)cc1)N1CCCCC1. The maximum absolute atomic E-state index is 12.3. The molecule has 4 amide bonds. The van der Waals surface area contributed by atoms with Crippen LogP contribution in [0.1, 0.15) is 55.2 Å². The molecule has 6 heteroatoms. The van der Waals surface area contributed by atoms with Crippen LogP contribution in [0.2, 0.25) is 0 Å². The molecule has 2 aromatic rings. The van der Waals surface area contributed by atoms with E-state index in [1.54, 1.807) is 0 Å². The average molecular weight is 435 g/mol. The molecule has 32 heavy (non-hydrogen) atoms. The van der Waals surface area contributed by atoms with Crippen molar-refractivity contribution in [2.75, 3.05) is 31.5 Å². The van der Waals surface area contributed by atoms with Gasteiger partial charge in [0.25, 0.3) is 0 Å². The summed E-state index contributed by atoms with van der Waals surface area (Å²) in [5.41, 5.74) is 4.37. The highest BCUT2D eigenvalue weighted by Gasteiger charge is 2.17. The Morgan fingerprint density at radius 3 is 1.66 bits per heavy atom. The van der Waals surface area contributed by atoms with Gasteiger partial charge in [-0.05, 0) is 73.8 Å². The van der Waals surface area contributed by atoms with Gasteiger partial charge in [-0.15, -0.1) is 0 Å². The van der Waals surface area contributed by atoms with Gasteiger partial charge in [0, 0.05) is 38.4 Å². The van der Waals surface area contributed by atoms with Crippen molar-refractivity contribution in [3.8, 4) is 0 Å². The number of carbonyl (C=O) groups is 2. The number of piperidine rings is 2. The standard InChI is InChI=1S/C26H34N4O2/c31-25(29-15-3-1-4-16-29)27-20-23-9-7-21(8-10-23)19-22-11-13-24(14-12-22)28-26(32)30-17-5-2-6-18-30/h7-14H,1-6,15-20H2,(H,27,31)(H,28,32). The van der Waals surface area contributed by atoms with E-state index < -0.39 is 0 Å². The number of urea groups is 2. The van der Waals surface area contributed by atoms with E-state index in [0.29, 0.717) is 6.54 Å². The highest BCUT2D eigenvalue weighted by Crippen LogP contribution is 2.16. The highest BCUT2D eigenvalue weighted by atomic mass is 16.2. The number of nitrogens with one attached hydrogen (secondary N) is 2. The summed E-state index contributed by atoms with van der Waals surface area (Å²) in [5.74, 6) is 0. The molecular formula is C26H34N4O2. The molecule has 0 unspecified atom stereocenters. The zero-order valence-electron chi connectivity index (χ0n) is 18.8. The first kappa shape index (κ1) is 22.2. The Morgan fingerprint density at radius 2 is 1.09 bits per heavy atom. The molecule has 4 rings (SSSR count). The molecule has 2 aliphatic rings. The van der Waals surface area contributed by atoms with Gasteiger partial charge in [0.2, 0.25) is 0 Å². The molecule has 2 saturated heterocycles. The fourth-order valence-electron chi connectivity index (χ4n) is 4.40. The Hall–Kier alpha value is -3.02. The molecule has 2 aromatic carbocycles. The van der Waals surface area contributed by atoms with Gasteiger partial charge < -0.3 is 20.4 Å². The van der Waals surface area contributed by atoms with Gasteiger partial charge >= 0.3 is 12.1 Å². The predicted molar refractivity (Wildman–Crippen MR) is 128 cm³/mol. The third kappa shape index (κ3) is 6.25. The minimum atomic E-state index is 0.000386. The van der Waals surface area contributed by atoms with Crippen LogP contribution < -0.4 is 10.6 Å². The second-order valence-corrected chi connectivity index (χ2v) is 8.87. The summed E-state index contributed by atoms with van der Waals surface area (Å²) in [7, 11) is 0. The van der Waals surface area contributed by atoms with E-state index >= 15 is 0 Å². The summed E-state index contributed by atoms with van der Waals surface area (Å²) in [6.07, 6.45) is 7.67. The van der Waals surface area contributed by atoms with E-state index in [1.807, 2.05) is 21.9 Å². The van der Waals surface area contributed by atoms with Crippen LogP contribution in [0, 0.1) is 0 Å². The van der Waals surface area contributed by atoms with Crippen LogP contribution in [0.4, 0.5) is 15.3 Å². The van der Waals surface area contributed by atoms with Crippen LogP contribution in [-0.2, 0) is 13.0 Å². The first-order valence-corrected chi connectivity index (χ1v) is 11.9. The fourth-order valence-corrected chi connectivity index (χ4v) is 4.40. The van der Waals surface area contributed by atoms with Gasteiger partial charge in [-0.25, -0.2) is 9.59 Å². The summed E-state index contributed by atoms with van der Waals surface area (Å²) in [5, 5.41) is 6.04. The van der Waals surface area contributed by atoms with E-state index in [-0.39, 0.29) is 12.1 Å². The molecule has 0 spiro atoms. The van der Waals surface area contributed by atoms with Crippen molar-refractivity contribution in [3.63, 3.8) is 0 Å². The molecule has 0 saturated carbocycles. The topological polar surface area (TPSA) is 64.7 Å². The Morgan fingerprint density at radius 1 is 0.625 bits per heavy atom. The molecule has 0 bridgehead atoms. The molecule has 0 radical (unpaired) electrons. The number of benzene rings is 2. The molecule has 170 valence electrons. The van der Waals surface area contributed by atoms with Gasteiger partial charge in [0.1, 0.15) is 0 Å².